The lowest BCUT2D eigenvalue weighted by Crippen LogP contribution is -2.08. The number of rotatable bonds is 10. The maximum Gasteiger partial charge on any atom is 0.247 e. The molecular formula is C22H21ClFN5O3. The Morgan fingerprint density at radius 1 is 1.16 bits per heavy atom. The highest BCUT2D eigenvalue weighted by molar-refractivity contribution is 6.32. The van der Waals surface area contributed by atoms with Crippen LogP contribution in [0.5, 0.6) is 5.75 Å². The van der Waals surface area contributed by atoms with Gasteiger partial charge in [-0.05, 0) is 36.4 Å². The molecule has 0 spiro atoms. The molecule has 166 valence electrons. The Labute approximate surface area is 189 Å². The van der Waals surface area contributed by atoms with Crippen LogP contribution >= 0.6 is 11.6 Å². The lowest BCUT2D eigenvalue weighted by molar-refractivity contribution is -0.111. The van der Waals surface area contributed by atoms with Gasteiger partial charge < -0.3 is 25.4 Å². The number of aromatic nitrogens is 2. The average Bonchev–Trinajstić information content (AvgIpc) is 2.78. The van der Waals surface area contributed by atoms with Gasteiger partial charge in [-0.15, -0.1) is 0 Å². The molecule has 1 heterocycles. The molecule has 8 nitrogen and oxygen atoms in total. The fraction of sp³-hybridized carbons (Fsp3) is 0.136. The van der Waals surface area contributed by atoms with E-state index in [0.29, 0.717) is 41.0 Å². The van der Waals surface area contributed by atoms with E-state index in [1.165, 1.54) is 0 Å². The zero-order chi connectivity index (χ0) is 22.9. The molecule has 3 N–H and O–H groups in total. The molecule has 0 aliphatic carbocycles. The van der Waals surface area contributed by atoms with Crippen molar-refractivity contribution in [3.63, 3.8) is 0 Å². The van der Waals surface area contributed by atoms with Crippen molar-refractivity contribution in [2.24, 2.45) is 0 Å². The summed E-state index contributed by atoms with van der Waals surface area (Å²) in [4.78, 5) is 19.6. The van der Waals surface area contributed by atoms with Gasteiger partial charge >= 0.3 is 0 Å². The topological polar surface area (TPSA) is 97.4 Å². The molecular weight excluding hydrogens is 437 g/mol. The number of hydrogen-bond acceptors (Lipinski definition) is 7. The Balaban J connectivity index is 1.75. The Morgan fingerprint density at radius 2 is 1.94 bits per heavy atom. The monoisotopic (exact) mass is 457 g/mol. The molecule has 1 aromatic heterocycles. The summed E-state index contributed by atoms with van der Waals surface area (Å²) in [5, 5.41) is 8.96. The van der Waals surface area contributed by atoms with Crippen LogP contribution in [0.15, 0.2) is 61.3 Å². The predicted molar refractivity (Wildman–Crippen MR) is 123 cm³/mol. The molecule has 10 heteroatoms. The predicted octanol–water partition coefficient (Wildman–Crippen LogP) is 4.91. The molecule has 0 bridgehead atoms. The number of benzene rings is 2. The fourth-order valence-electron chi connectivity index (χ4n) is 2.58. The number of hydrogen-bond donors (Lipinski definition) is 3. The zero-order valence-corrected chi connectivity index (χ0v) is 17.9. The van der Waals surface area contributed by atoms with Gasteiger partial charge in [0.05, 0.1) is 17.8 Å². The lowest BCUT2D eigenvalue weighted by Gasteiger charge is -2.12. The van der Waals surface area contributed by atoms with Crippen molar-refractivity contribution in [3.8, 4) is 5.75 Å². The quantitative estimate of drug-likeness (QED) is 0.294. The number of nitrogens with zero attached hydrogens (tertiary/aromatic N) is 2. The van der Waals surface area contributed by atoms with E-state index in [1.807, 2.05) is 0 Å². The molecule has 2 aromatic carbocycles. The van der Waals surface area contributed by atoms with E-state index in [9.17, 15) is 9.18 Å². The number of halogens is 2. The first-order chi connectivity index (χ1) is 15.5. The smallest absolute Gasteiger partial charge is 0.247 e. The van der Waals surface area contributed by atoms with Crippen LogP contribution in [0, 0.1) is 5.82 Å². The number of ether oxygens (including phenoxy) is 2. The number of nitrogens with one attached hydrogen (secondary N) is 3. The highest BCUT2D eigenvalue weighted by atomic mass is 35.5. The highest BCUT2D eigenvalue weighted by Crippen LogP contribution is 2.29. The minimum Gasteiger partial charge on any atom is -0.490 e. The minimum atomic E-state index is -0.643. The highest BCUT2D eigenvalue weighted by Gasteiger charge is 2.10. The molecule has 3 rings (SSSR count). The molecule has 0 aliphatic rings. The maximum atomic E-state index is 14.3. The standard InChI is InChI=1S/C22H21ClFN5O3/c1-3-20(30)26-14-5-4-6-15(11-14)27-21-18(24)13-25-22(29-21)28-16-7-8-17(23)19(12-16)32-10-9-31-2/h3-8,11-13H,1,9-10H2,2H3,(H,26,30)(H2,25,27,28,29). The molecule has 0 fully saturated rings. The van der Waals surface area contributed by atoms with E-state index in [0.717, 1.165) is 12.3 Å². The van der Waals surface area contributed by atoms with Crippen LogP contribution in [0.3, 0.4) is 0 Å². The van der Waals surface area contributed by atoms with Crippen molar-refractivity contribution >= 4 is 46.3 Å². The molecule has 0 aliphatic heterocycles. The first-order valence-electron chi connectivity index (χ1n) is 9.50. The third kappa shape index (κ3) is 6.40. The summed E-state index contributed by atoms with van der Waals surface area (Å²) in [7, 11) is 1.58. The molecule has 0 saturated carbocycles. The van der Waals surface area contributed by atoms with Gasteiger partial charge in [-0.3, -0.25) is 4.79 Å². The number of anilines is 5. The van der Waals surface area contributed by atoms with Crippen LogP contribution < -0.4 is 20.7 Å². The SMILES string of the molecule is C=CC(=O)Nc1cccc(Nc2nc(Nc3ccc(Cl)c(OCCOC)c3)ncc2F)c1. The fourth-order valence-corrected chi connectivity index (χ4v) is 2.75. The van der Waals surface area contributed by atoms with Crippen LogP contribution in [0.1, 0.15) is 0 Å². The normalized spacial score (nSPS) is 10.3. The minimum absolute atomic E-state index is 0.0415. The summed E-state index contributed by atoms with van der Waals surface area (Å²) in [5.74, 6) is -0.408. The third-order valence-electron chi connectivity index (χ3n) is 4.05. The molecule has 0 radical (unpaired) electrons. The number of amides is 1. The van der Waals surface area contributed by atoms with Gasteiger partial charge in [-0.25, -0.2) is 9.37 Å². The Kier molecular flexibility index (Phi) is 7.96. The summed E-state index contributed by atoms with van der Waals surface area (Å²) >= 11 is 6.15. The lowest BCUT2D eigenvalue weighted by atomic mass is 10.2. The summed E-state index contributed by atoms with van der Waals surface area (Å²) in [6.07, 6.45) is 2.21. The molecule has 3 aromatic rings. The van der Waals surface area contributed by atoms with Crippen molar-refractivity contribution < 1.29 is 18.7 Å². The number of carbonyl (C=O) groups is 1. The summed E-state index contributed by atoms with van der Waals surface area (Å²) in [6.45, 7) is 4.17. The van der Waals surface area contributed by atoms with E-state index in [4.69, 9.17) is 21.1 Å². The molecule has 32 heavy (non-hydrogen) atoms. The van der Waals surface area contributed by atoms with Crippen LogP contribution in [-0.4, -0.2) is 36.2 Å². The van der Waals surface area contributed by atoms with E-state index in [-0.39, 0.29) is 17.7 Å². The van der Waals surface area contributed by atoms with Crippen LogP contribution in [0.2, 0.25) is 5.02 Å². The first kappa shape index (κ1) is 23.0. The number of carbonyl (C=O) groups excluding carboxylic acids is 1. The Morgan fingerprint density at radius 3 is 2.72 bits per heavy atom. The van der Waals surface area contributed by atoms with Gasteiger partial charge in [0.1, 0.15) is 12.4 Å². The zero-order valence-electron chi connectivity index (χ0n) is 17.2. The van der Waals surface area contributed by atoms with Gasteiger partial charge in [0.15, 0.2) is 11.6 Å². The van der Waals surface area contributed by atoms with Crippen molar-refractivity contribution in [1.29, 1.82) is 0 Å². The van der Waals surface area contributed by atoms with E-state index < -0.39 is 5.82 Å². The van der Waals surface area contributed by atoms with Crippen molar-refractivity contribution in [1.82, 2.24) is 9.97 Å². The second kappa shape index (κ2) is 11.1. The summed E-state index contributed by atoms with van der Waals surface area (Å²) < 4.78 is 24.8. The van der Waals surface area contributed by atoms with E-state index in [1.54, 1.807) is 49.6 Å². The van der Waals surface area contributed by atoms with E-state index >= 15 is 0 Å². The second-order valence-electron chi connectivity index (χ2n) is 6.40. The maximum absolute atomic E-state index is 14.3. The van der Waals surface area contributed by atoms with Crippen LogP contribution in [0.25, 0.3) is 0 Å². The average molecular weight is 458 g/mol. The van der Waals surface area contributed by atoms with Gasteiger partial charge in [0, 0.05) is 30.2 Å². The van der Waals surface area contributed by atoms with Gasteiger partial charge in [-0.1, -0.05) is 24.2 Å². The van der Waals surface area contributed by atoms with Crippen LogP contribution in [0.4, 0.5) is 33.2 Å². The van der Waals surface area contributed by atoms with Crippen molar-refractivity contribution in [3.05, 3.63) is 72.2 Å². The molecule has 0 unspecified atom stereocenters. The van der Waals surface area contributed by atoms with E-state index in [2.05, 4.69) is 32.5 Å². The van der Waals surface area contributed by atoms with Crippen molar-refractivity contribution in [2.45, 2.75) is 0 Å². The summed E-state index contributed by atoms with van der Waals surface area (Å²) in [5.41, 5.74) is 1.65. The van der Waals surface area contributed by atoms with Crippen LogP contribution in [-0.2, 0) is 9.53 Å². The number of methoxy groups -OCH3 is 1. The second-order valence-corrected chi connectivity index (χ2v) is 6.81. The van der Waals surface area contributed by atoms with Gasteiger partial charge in [0.25, 0.3) is 0 Å². The van der Waals surface area contributed by atoms with Gasteiger partial charge in [-0.2, -0.15) is 4.98 Å². The Hall–Kier alpha value is -3.69. The van der Waals surface area contributed by atoms with Crippen molar-refractivity contribution in [2.75, 3.05) is 36.3 Å². The van der Waals surface area contributed by atoms with Gasteiger partial charge in [0.2, 0.25) is 11.9 Å². The largest absolute Gasteiger partial charge is 0.490 e. The Bertz CT molecular complexity index is 1110. The third-order valence-corrected chi connectivity index (χ3v) is 4.37. The molecule has 1 amide bonds. The molecule has 0 atom stereocenters. The molecule has 0 saturated heterocycles. The summed E-state index contributed by atoms with van der Waals surface area (Å²) in [6, 6.07) is 11.8. The first-order valence-corrected chi connectivity index (χ1v) is 9.87.